The predicted octanol–water partition coefficient (Wildman–Crippen LogP) is 2.97. The standard InChI is InChI=1S/C19H20N2O4/c1-3-14-4-6-15(7-5-14)20-19(23)11-21(13(2)22)16-8-9-17-18(10-16)25-12-24-17/h4-10H,3,11-12H2,1-2H3,(H,20,23). The fraction of sp³-hybridized carbons (Fsp3) is 0.263. The summed E-state index contributed by atoms with van der Waals surface area (Å²) in [6.45, 7) is 3.58. The van der Waals surface area contributed by atoms with E-state index in [1.165, 1.54) is 17.4 Å². The van der Waals surface area contributed by atoms with Gasteiger partial charge in [-0.1, -0.05) is 19.1 Å². The van der Waals surface area contributed by atoms with Gasteiger partial charge in [0, 0.05) is 24.4 Å². The fourth-order valence-corrected chi connectivity index (χ4v) is 2.61. The van der Waals surface area contributed by atoms with Crippen molar-refractivity contribution < 1.29 is 19.1 Å². The topological polar surface area (TPSA) is 67.9 Å². The second-order valence-corrected chi connectivity index (χ2v) is 5.74. The molecule has 0 spiro atoms. The molecule has 2 amide bonds. The van der Waals surface area contributed by atoms with Gasteiger partial charge in [0.05, 0.1) is 0 Å². The van der Waals surface area contributed by atoms with Gasteiger partial charge in [-0.2, -0.15) is 0 Å². The molecule has 1 heterocycles. The van der Waals surface area contributed by atoms with Crippen LogP contribution in [0.2, 0.25) is 0 Å². The summed E-state index contributed by atoms with van der Waals surface area (Å²) in [6, 6.07) is 12.8. The van der Waals surface area contributed by atoms with Gasteiger partial charge in [0.25, 0.3) is 0 Å². The Morgan fingerprint density at radius 3 is 2.48 bits per heavy atom. The highest BCUT2D eigenvalue weighted by atomic mass is 16.7. The Bertz CT molecular complexity index is 787. The minimum Gasteiger partial charge on any atom is -0.454 e. The van der Waals surface area contributed by atoms with E-state index in [4.69, 9.17) is 9.47 Å². The van der Waals surface area contributed by atoms with Crippen molar-refractivity contribution in [2.75, 3.05) is 23.6 Å². The molecule has 130 valence electrons. The monoisotopic (exact) mass is 340 g/mol. The Morgan fingerprint density at radius 1 is 1.08 bits per heavy atom. The molecule has 0 saturated heterocycles. The first-order valence-corrected chi connectivity index (χ1v) is 8.13. The third-order valence-corrected chi connectivity index (χ3v) is 4.00. The van der Waals surface area contributed by atoms with Gasteiger partial charge in [-0.15, -0.1) is 0 Å². The van der Waals surface area contributed by atoms with Gasteiger partial charge in [-0.25, -0.2) is 0 Å². The predicted molar refractivity (Wildman–Crippen MR) is 95.0 cm³/mol. The van der Waals surface area contributed by atoms with Crippen molar-refractivity contribution in [3.05, 3.63) is 48.0 Å². The summed E-state index contributed by atoms with van der Waals surface area (Å²) in [5.74, 6) is 0.708. The Kier molecular flexibility index (Phi) is 4.88. The summed E-state index contributed by atoms with van der Waals surface area (Å²) < 4.78 is 10.6. The van der Waals surface area contributed by atoms with Crippen molar-refractivity contribution in [2.45, 2.75) is 20.3 Å². The zero-order chi connectivity index (χ0) is 17.8. The summed E-state index contributed by atoms with van der Waals surface area (Å²) in [7, 11) is 0. The minimum absolute atomic E-state index is 0.0789. The lowest BCUT2D eigenvalue weighted by atomic mass is 10.1. The van der Waals surface area contributed by atoms with E-state index in [1.54, 1.807) is 18.2 Å². The third-order valence-electron chi connectivity index (χ3n) is 4.00. The van der Waals surface area contributed by atoms with E-state index in [0.717, 1.165) is 6.42 Å². The molecule has 0 atom stereocenters. The number of nitrogens with one attached hydrogen (secondary N) is 1. The number of carbonyl (C=O) groups excluding carboxylic acids is 2. The number of amides is 2. The summed E-state index contributed by atoms with van der Waals surface area (Å²) in [5.41, 5.74) is 2.49. The molecule has 1 aliphatic rings. The Balaban J connectivity index is 1.70. The number of rotatable bonds is 5. The fourth-order valence-electron chi connectivity index (χ4n) is 2.61. The number of anilines is 2. The molecule has 0 aliphatic carbocycles. The molecule has 25 heavy (non-hydrogen) atoms. The van der Waals surface area contributed by atoms with E-state index in [0.29, 0.717) is 22.9 Å². The van der Waals surface area contributed by atoms with Gasteiger partial charge in [0.1, 0.15) is 6.54 Å². The largest absolute Gasteiger partial charge is 0.454 e. The maximum Gasteiger partial charge on any atom is 0.244 e. The van der Waals surface area contributed by atoms with Crippen LogP contribution in [0.25, 0.3) is 0 Å². The number of hydrogen-bond acceptors (Lipinski definition) is 4. The molecule has 0 bridgehead atoms. The van der Waals surface area contributed by atoms with Crippen LogP contribution < -0.4 is 19.7 Å². The normalized spacial score (nSPS) is 11.9. The Labute approximate surface area is 146 Å². The van der Waals surface area contributed by atoms with Crippen molar-refractivity contribution in [1.82, 2.24) is 0 Å². The van der Waals surface area contributed by atoms with Gasteiger partial charge < -0.3 is 19.7 Å². The second kappa shape index (κ2) is 7.25. The number of nitrogens with zero attached hydrogens (tertiary/aromatic N) is 1. The lowest BCUT2D eigenvalue weighted by Gasteiger charge is -2.21. The molecule has 0 radical (unpaired) electrons. The van der Waals surface area contributed by atoms with E-state index >= 15 is 0 Å². The van der Waals surface area contributed by atoms with Crippen molar-refractivity contribution >= 4 is 23.2 Å². The van der Waals surface area contributed by atoms with E-state index in [-0.39, 0.29) is 25.2 Å². The Hall–Kier alpha value is -3.02. The van der Waals surface area contributed by atoms with Crippen LogP contribution in [-0.4, -0.2) is 25.2 Å². The average molecular weight is 340 g/mol. The van der Waals surface area contributed by atoms with E-state index in [2.05, 4.69) is 12.2 Å². The van der Waals surface area contributed by atoms with Crippen LogP contribution in [0.4, 0.5) is 11.4 Å². The van der Waals surface area contributed by atoms with Gasteiger partial charge in [0.15, 0.2) is 11.5 Å². The van der Waals surface area contributed by atoms with Gasteiger partial charge in [0.2, 0.25) is 18.6 Å². The smallest absolute Gasteiger partial charge is 0.244 e. The number of ether oxygens (including phenoxy) is 2. The summed E-state index contributed by atoms with van der Waals surface area (Å²) in [6.07, 6.45) is 0.941. The highest BCUT2D eigenvalue weighted by molar-refractivity contribution is 6.02. The summed E-state index contributed by atoms with van der Waals surface area (Å²) >= 11 is 0. The van der Waals surface area contributed by atoms with Crippen LogP contribution in [0, 0.1) is 0 Å². The third kappa shape index (κ3) is 3.91. The summed E-state index contributed by atoms with van der Waals surface area (Å²) in [4.78, 5) is 25.7. The molecule has 0 aromatic heterocycles. The number of fused-ring (bicyclic) bond motifs is 1. The highest BCUT2D eigenvalue weighted by Crippen LogP contribution is 2.35. The van der Waals surface area contributed by atoms with Gasteiger partial charge in [-0.05, 0) is 36.2 Å². The average Bonchev–Trinajstić information content (AvgIpc) is 3.07. The molecular formula is C19H20N2O4. The molecular weight excluding hydrogens is 320 g/mol. The molecule has 1 N–H and O–H groups in total. The highest BCUT2D eigenvalue weighted by Gasteiger charge is 2.20. The van der Waals surface area contributed by atoms with Gasteiger partial charge >= 0.3 is 0 Å². The van der Waals surface area contributed by atoms with Crippen molar-refractivity contribution in [3.63, 3.8) is 0 Å². The van der Waals surface area contributed by atoms with Crippen molar-refractivity contribution in [2.24, 2.45) is 0 Å². The number of aryl methyl sites for hydroxylation is 1. The minimum atomic E-state index is -0.267. The first-order chi connectivity index (χ1) is 12.1. The lowest BCUT2D eigenvalue weighted by molar-refractivity contribution is -0.120. The molecule has 6 heteroatoms. The second-order valence-electron chi connectivity index (χ2n) is 5.74. The number of carbonyl (C=O) groups is 2. The Morgan fingerprint density at radius 2 is 1.80 bits per heavy atom. The number of hydrogen-bond donors (Lipinski definition) is 1. The number of benzene rings is 2. The zero-order valence-corrected chi connectivity index (χ0v) is 14.2. The lowest BCUT2D eigenvalue weighted by Crippen LogP contribution is -2.36. The molecule has 2 aromatic rings. The molecule has 6 nitrogen and oxygen atoms in total. The van der Waals surface area contributed by atoms with Gasteiger partial charge in [-0.3, -0.25) is 9.59 Å². The molecule has 1 aliphatic heterocycles. The molecule has 3 rings (SSSR count). The van der Waals surface area contributed by atoms with Crippen LogP contribution in [0.15, 0.2) is 42.5 Å². The van der Waals surface area contributed by atoms with Crippen LogP contribution in [0.5, 0.6) is 11.5 Å². The van der Waals surface area contributed by atoms with Crippen LogP contribution in [-0.2, 0) is 16.0 Å². The van der Waals surface area contributed by atoms with E-state index in [1.807, 2.05) is 24.3 Å². The SMILES string of the molecule is CCc1ccc(NC(=O)CN(C(C)=O)c2ccc3c(c2)OCO3)cc1. The van der Waals surface area contributed by atoms with Crippen LogP contribution >= 0.6 is 0 Å². The maximum atomic E-state index is 12.3. The molecule has 0 fully saturated rings. The molecule has 0 unspecified atom stereocenters. The van der Waals surface area contributed by atoms with Crippen molar-refractivity contribution in [1.29, 1.82) is 0 Å². The van der Waals surface area contributed by atoms with Crippen LogP contribution in [0.1, 0.15) is 19.4 Å². The van der Waals surface area contributed by atoms with Crippen molar-refractivity contribution in [3.8, 4) is 11.5 Å². The van der Waals surface area contributed by atoms with E-state index < -0.39 is 0 Å². The first-order valence-electron chi connectivity index (χ1n) is 8.13. The molecule has 0 saturated carbocycles. The zero-order valence-electron chi connectivity index (χ0n) is 14.2. The van der Waals surface area contributed by atoms with Crippen LogP contribution in [0.3, 0.4) is 0 Å². The quantitative estimate of drug-likeness (QED) is 0.909. The molecule has 2 aromatic carbocycles. The maximum absolute atomic E-state index is 12.3. The summed E-state index contributed by atoms with van der Waals surface area (Å²) in [5, 5.41) is 2.81. The van der Waals surface area contributed by atoms with E-state index in [9.17, 15) is 9.59 Å². The first kappa shape index (κ1) is 16.8.